The first-order chi connectivity index (χ1) is 12.1. The molecule has 2 heterocycles. The first kappa shape index (κ1) is 20.3. The summed E-state index contributed by atoms with van der Waals surface area (Å²) in [5.74, 6) is -1.07. The molecule has 0 N–H and O–H groups in total. The molecule has 8 nitrogen and oxygen atoms in total. The van der Waals surface area contributed by atoms with Gasteiger partial charge in [0.1, 0.15) is 11.3 Å². The van der Waals surface area contributed by atoms with E-state index < -0.39 is 47.6 Å². The number of halogens is 3. The predicted molar refractivity (Wildman–Crippen MR) is 87.2 cm³/mol. The maximum atomic E-state index is 13.5. The van der Waals surface area contributed by atoms with E-state index in [1.54, 1.807) is 20.8 Å². The van der Waals surface area contributed by atoms with Crippen molar-refractivity contribution in [1.29, 1.82) is 0 Å². The quantitative estimate of drug-likeness (QED) is 0.576. The van der Waals surface area contributed by atoms with Gasteiger partial charge in [0.25, 0.3) is 6.43 Å². The number of carbonyl (C=O) groups excluding carboxylic acids is 2. The zero-order chi connectivity index (χ0) is 19.5. The summed E-state index contributed by atoms with van der Waals surface area (Å²) in [7, 11) is 0. The van der Waals surface area contributed by atoms with Gasteiger partial charge >= 0.3 is 12.1 Å². The summed E-state index contributed by atoms with van der Waals surface area (Å²) in [4.78, 5) is 25.4. The Bertz CT molecular complexity index is 663. The molecule has 1 aromatic heterocycles. The number of piperidine rings is 1. The lowest BCUT2D eigenvalue weighted by molar-refractivity contribution is 0.0159. The van der Waals surface area contributed by atoms with Crippen LogP contribution in [0.25, 0.3) is 0 Å². The fourth-order valence-electron chi connectivity index (χ4n) is 2.68. The second-order valence-corrected chi connectivity index (χ2v) is 7.05. The Morgan fingerprint density at radius 1 is 1.38 bits per heavy atom. The van der Waals surface area contributed by atoms with Gasteiger partial charge in [0, 0.05) is 13.1 Å². The first-order valence-corrected chi connectivity index (χ1v) is 8.61. The molecule has 1 fully saturated rings. The lowest BCUT2D eigenvalue weighted by atomic mass is 10.1. The minimum atomic E-state index is -2.99. The number of amides is 1. The van der Waals surface area contributed by atoms with Gasteiger partial charge in [-0.25, -0.2) is 23.1 Å². The summed E-state index contributed by atoms with van der Waals surface area (Å²) in [5.41, 5.74) is -1.88. The molecular formula is C15H21ClF2N4O4. The molecule has 2 rings (SSSR count). The molecule has 1 atom stereocenters. The van der Waals surface area contributed by atoms with E-state index in [4.69, 9.17) is 16.3 Å². The van der Waals surface area contributed by atoms with E-state index in [1.807, 2.05) is 0 Å². The van der Waals surface area contributed by atoms with Gasteiger partial charge in [-0.2, -0.15) is 0 Å². The van der Waals surface area contributed by atoms with Crippen molar-refractivity contribution in [3.63, 3.8) is 0 Å². The molecule has 11 heteroatoms. The smallest absolute Gasteiger partial charge is 0.410 e. The molecule has 1 unspecified atom stereocenters. The molecule has 0 bridgehead atoms. The van der Waals surface area contributed by atoms with E-state index in [-0.39, 0.29) is 6.54 Å². The van der Waals surface area contributed by atoms with Gasteiger partial charge in [0.2, 0.25) is 0 Å². The number of likely N-dealkylation sites (tertiary alicyclic amines) is 1. The fraction of sp³-hybridized carbons (Fsp3) is 0.733. The lowest BCUT2D eigenvalue weighted by Crippen LogP contribution is -2.43. The molecule has 1 saturated heterocycles. The van der Waals surface area contributed by atoms with Crippen molar-refractivity contribution in [2.24, 2.45) is 0 Å². The van der Waals surface area contributed by atoms with Crippen molar-refractivity contribution in [1.82, 2.24) is 19.9 Å². The molecule has 1 aliphatic heterocycles. The van der Waals surface area contributed by atoms with Gasteiger partial charge in [-0.1, -0.05) is 16.8 Å². The number of hydrogen-bond donors (Lipinski definition) is 0. The minimum absolute atomic E-state index is 0.127. The van der Waals surface area contributed by atoms with Crippen molar-refractivity contribution in [3.8, 4) is 0 Å². The van der Waals surface area contributed by atoms with Gasteiger partial charge in [-0.05, 0) is 33.6 Å². The number of alkyl halides is 3. The monoisotopic (exact) mass is 394 g/mol. The van der Waals surface area contributed by atoms with E-state index in [1.165, 1.54) is 4.90 Å². The van der Waals surface area contributed by atoms with Crippen LogP contribution in [0.4, 0.5) is 13.6 Å². The van der Waals surface area contributed by atoms with Crippen molar-refractivity contribution < 1.29 is 27.8 Å². The van der Waals surface area contributed by atoms with E-state index in [0.717, 1.165) is 4.68 Å². The summed E-state index contributed by atoms with van der Waals surface area (Å²) >= 11 is 5.30. The highest BCUT2D eigenvalue weighted by Crippen LogP contribution is 2.29. The largest absolute Gasteiger partial charge is 0.445 e. The number of ether oxygens (including phenoxy) is 2. The number of nitrogens with zero attached hydrogens (tertiary/aromatic N) is 4. The molecule has 1 aromatic rings. The zero-order valence-corrected chi connectivity index (χ0v) is 15.5. The Hall–Kier alpha value is -1.97. The topological polar surface area (TPSA) is 86.5 Å². The molecule has 1 amide bonds. The Balaban J connectivity index is 2.22. The van der Waals surface area contributed by atoms with Crippen LogP contribution in [0, 0.1) is 0 Å². The van der Waals surface area contributed by atoms with Gasteiger partial charge in [0.15, 0.2) is 11.8 Å². The normalized spacial score (nSPS) is 18.1. The standard InChI is InChI=1S/C15H21ClF2N4O4/c1-15(2,3)26-14(24)21-6-4-5-9(7-21)22-11(12(17)18)10(19-20-22)13(23)25-8-16/h9,12H,4-8H2,1-3H3. The summed E-state index contributed by atoms with van der Waals surface area (Å²) < 4.78 is 37.9. The van der Waals surface area contributed by atoms with Crippen molar-refractivity contribution >= 4 is 23.7 Å². The highest BCUT2D eigenvalue weighted by molar-refractivity contribution is 6.17. The van der Waals surface area contributed by atoms with Crippen molar-refractivity contribution in [2.45, 2.75) is 51.7 Å². The summed E-state index contributed by atoms with van der Waals surface area (Å²) in [6.07, 6.45) is -2.43. The minimum Gasteiger partial charge on any atom is -0.445 e. The van der Waals surface area contributed by atoms with Crippen LogP contribution < -0.4 is 0 Å². The number of hydrogen-bond acceptors (Lipinski definition) is 6. The third-order valence-electron chi connectivity index (χ3n) is 3.71. The van der Waals surface area contributed by atoms with Gasteiger partial charge in [-0.3, -0.25) is 0 Å². The lowest BCUT2D eigenvalue weighted by Gasteiger charge is -2.34. The van der Waals surface area contributed by atoms with Crippen molar-refractivity contribution in [3.05, 3.63) is 11.4 Å². The Morgan fingerprint density at radius 2 is 2.08 bits per heavy atom. The van der Waals surface area contributed by atoms with E-state index in [0.29, 0.717) is 19.4 Å². The molecule has 0 aromatic carbocycles. The number of carbonyl (C=O) groups is 2. The molecule has 26 heavy (non-hydrogen) atoms. The number of esters is 1. The highest BCUT2D eigenvalue weighted by Gasteiger charge is 2.34. The van der Waals surface area contributed by atoms with Crippen LogP contribution >= 0.6 is 11.6 Å². The van der Waals surface area contributed by atoms with E-state index >= 15 is 0 Å². The average Bonchev–Trinajstić information content (AvgIpc) is 2.99. The van der Waals surface area contributed by atoms with Crippen LogP contribution in [0.2, 0.25) is 0 Å². The average molecular weight is 395 g/mol. The second-order valence-electron chi connectivity index (χ2n) is 6.83. The van der Waals surface area contributed by atoms with Crippen LogP contribution in [0.5, 0.6) is 0 Å². The number of rotatable bonds is 4. The van der Waals surface area contributed by atoms with E-state index in [2.05, 4.69) is 15.0 Å². The van der Waals surface area contributed by atoms with Gasteiger partial charge in [0.05, 0.1) is 6.04 Å². The SMILES string of the molecule is CC(C)(C)OC(=O)N1CCCC(n2nnc(C(=O)OCCl)c2C(F)F)C1. The molecule has 146 valence electrons. The fourth-order valence-corrected chi connectivity index (χ4v) is 2.78. The van der Waals surface area contributed by atoms with Crippen molar-refractivity contribution in [2.75, 3.05) is 19.2 Å². The molecule has 1 aliphatic rings. The molecule has 0 radical (unpaired) electrons. The second kappa shape index (κ2) is 8.15. The summed E-state index contributed by atoms with van der Waals surface area (Å²) in [5, 5.41) is 7.22. The summed E-state index contributed by atoms with van der Waals surface area (Å²) in [6, 6.07) is -1.03. The Labute approximate surface area is 154 Å². The van der Waals surface area contributed by atoms with Crippen LogP contribution in [0.15, 0.2) is 0 Å². The predicted octanol–water partition coefficient (Wildman–Crippen LogP) is 3.14. The maximum absolute atomic E-state index is 13.5. The summed E-state index contributed by atoms with van der Waals surface area (Å²) in [6.45, 7) is 5.81. The number of aromatic nitrogens is 3. The van der Waals surface area contributed by atoms with Crippen LogP contribution in [0.1, 0.15) is 62.3 Å². The van der Waals surface area contributed by atoms with Crippen LogP contribution in [0.3, 0.4) is 0 Å². The Kier molecular flexibility index (Phi) is 6.38. The molecule has 0 spiro atoms. The Morgan fingerprint density at radius 3 is 2.65 bits per heavy atom. The molecule has 0 saturated carbocycles. The third-order valence-corrected chi connectivity index (χ3v) is 3.82. The van der Waals surface area contributed by atoms with Crippen LogP contribution in [-0.2, 0) is 9.47 Å². The first-order valence-electron chi connectivity index (χ1n) is 8.08. The third kappa shape index (κ3) is 4.80. The maximum Gasteiger partial charge on any atom is 0.410 e. The van der Waals surface area contributed by atoms with E-state index in [9.17, 15) is 18.4 Å². The zero-order valence-electron chi connectivity index (χ0n) is 14.7. The molecule has 0 aliphatic carbocycles. The van der Waals surface area contributed by atoms with Crippen LogP contribution in [-0.4, -0.2) is 56.7 Å². The molecular weight excluding hydrogens is 374 g/mol. The van der Waals surface area contributed by atoms with Gasteiger partial charge < -0.3 is 14.4 Å². The highest BCUT2D eigenvalue weighted by atomic mass is 35.5. The van der Waals surface area contributed by atoms with Gasteiger partial charge in [-0.15, -0.1) is 5.10 Å².